The van der Waals surface area contributed by atoms with Crippen LogP contribution in [0.15, 0.2) is 18.2 Å². The molecular formula is C20H23F3O5S. The van der Waals surface area contributed by atoms with Gasteiger partial charge in [0.25, 0.3) is 0 Å². The maximum absolute atomic E-state index is 12.8. The predicted octanol–water partition coefficient (Wildman–Crippen LogP) is 3.97. The molecule has 9 heteroatoms. The van der Waals surface area contributed by atoms with E-state index in [1.165, 1.54) is 12.1 Å². The summed E-state index contributed by atoms with van der Waals surface area (Å²) in [6, 6.07) is 4.37. The number of rotatable bonds is 3. The molecule has 4 rings (SSSR count). The number of methoxy groups -OCH3 is 1. The van der Waals surface area contributed by atoms with E-state index < -0.39 is 15.6 Å². The fourth-order valence-electron chi connectivity index (χ4n) is 5.75. The van der Waals surface area contributed by atoms with Gasteiger partial charge in [-0.25, -0.2) is 0 Å². The summed E-state index contributed by atoms with van der Waals surface area (Å²) in [5.41, 5.74) is -4.01. The highest BCUT2D eigenvalue weighted by Gasteiger charge is 2.58. The summed E-state index contributed by atoms with van der Waals surface area (Å²) in [6.07, 6.45) is 3.31. The molecule has 160 valence electrons. The highest BCUT2D eigenvalue weighted by molar-refractivity contribution is 7.88. The highest BCUT2D eigenvalue weighted by atomic mass is 32.2. The van der Waals surface area contributed by atoms with Crippen molar-refractivity contribution in [2.24, 2.45) is 17.3 Å². The number of halogens is 3. The van der Waals surface area contributed by atoms with Gasteiger partial charge < -0.3 is 8.92 Å². The molecule has 0 bridgehead atoms. The van der Waals surface area contributed by atoms with Gasteiger partial charge >= 0.3 is 15.6 Å². The van der Waals surface area contributed by atoms with Gasteiger partial charge in [0.1, 0.15) is 11.9 Å². The van der Waals surface area contributed by atoms with Gasteiger partial charge in [0.05, 0.1) is 0 Å². The molecule has 0 aliphatic heterocycles. The van der Waals surface area contributed by atoms with E-state index in [1.807, 2.05) is 6.92 Å². The molecule has 3 aliphatic carbocycles. The molecule has 0 aromatic heterocycles. The fourth-order valence-corrected chi connectivity index (χ4v) is 6.21. The van der Waals surface area contributed by atoms with Crippen LogP contribution in [-0.2, 0) is 26.1 Å². The summed E-state index contributed by atoms with van der Waals surface area (Å²) < 4.78 is 70.0. The molecule has 0 N–H and O–H groups in total. The first-order valence-electron chi connectivity index (χ1n) is 9.68. The minimum atomic E-state index is -5.69. The zero-order valence-corrected chi connectivity index (χ0v) is 17.0. The Labute approximate surface area is 167 Å². The second kappa shape index (κ2) is 6.70. The summed E-state index contributed by atoms with van der Waals surface area (Å²) in [4.78, 5) is 12.8. The van der Waals surface area contributed by atoms with E-state index >= 15 is 0 Å². The first-order chi connectivity index (χ1) is 13.5. The summed E-state index contributed by atoms with van der Waals surface area (Å²) in [5, 5.41) is 0. The molecule has 2 saturated carbocycles. The minimum absolute atomic E-state index is 0.176. The molecule has 1 aromatic rings. The van der Waals surface area contributed by atoms with Crippen LogP contribution in [0.1, 0.15) is 49.7 Å². The van der Waals surface area contributed by atoms with Crippen LogP contribution in [0.2, 0.25) is 0 Å². The van der Waals surface area contributed by atoms with Crippen LogP contribution in [0.3, 0.4) is 0 Å². The lowest BCUT2D eigenvalue weighted by Crippen LogP contribution is -2.43. The van der Waals surface area contributed by atoms with Crippen molar-refractivity contribution in [2.75, 3.05) is 7.11 Å². The molecule has 0 radical (unpaired) electrons. The molecule has 0 heterocycles. The Hall–Kier alpha value is -1.61. The molecule has 5 atom stereocenters. The van der Waals surface area contributed by atoms with Gasteiger partial charge in [-0.2, -0.15) is 21.6 Å². The quantitative estimate of drug-likeness (QED) is 0.534. The number of alkyl halides is 3. The number of hydrogen-bond acceptors (Lipinski definition) is 5. The van der Waals surface area contributed by atoms with Crippen molar-refractivity contribution in [2.45, 2.75) is 56.6 Å². The van der Waals surface area contributed by atoms with Crippen LogP contribution >= 0.6 is 0 Å². The van der Waals surface area contributed by atoms with Crippen molar-refractivity contribution in [3.63, 3.8) is 0 Å². The predicted molar refractivity (Wildman–Crippen MR) is 97.8 cm³/mol. The Bertz CT molecular complexity index is 942. The van der Waals surface area contributed by atoms with Crippen molar-refractivity contribution in [1.82, 2.24) is 0 Å². The zero-order valence-electron chi connectivity index (χ0n) is 16.2. The highest BCUT2D eigenvalue weighted by Crippen LogP contribution is 2.60. The lowest BCUT2D eigenvalue weighted by molar-refractivity contribution is -0.135. The maximum Gasteiger partial charge on any atom is 0.534 e. The molecule has 29 heavy (non-hydrogen) atoms. The molecule has 5 nitrogen and oxygen atoms in total. The second-order valence-electron chi connectivity index (χ2n) is 8.54. The molecule has 2 fully saturated rings. The number of aryl methyl sites for hydroxylation is 1. The van der Waals surface area contributed by atoms with Crippen molar-refractivity contribution < 1.29 is 35.3 Å². The van der Waals surface area contributed by atoms with Gasteiger partial charge in [-0.1, -0.05) is 13.0 Å². The first-order valence-corrected chi connectivity index (χ1v) is 11.1. The number of ether oxygens (including phenoxy) is 1. The third kappa shape index (κ3) is 3.17. The smallest absolute Gasteiger partial charge is 0.376 e. The second-order valence-corrected chi connectivity index (χ2v) is 10.1. The Kier molecular flexibility index (Phi) is 4.77. The van der Waals surface area contributed by atoms with E-state index in [0.29, 0.717) is 18.8 Å². The summed E-state index contributed by atoms with van der Waals surface area (Å²) in [5.74, 6) is 0.573. The van der Waals surface area contributed by atoms with Crippen molar-refractivity contribution in [3.8, 4) is 5.75 Å². The van der Waals surface area contributed by atoms with Crippen LogP contribution in [0, 0.1) is 17.3 Å². The first kappa shape index (κ1) is 20.7. The van der Waals surface area contributed by atoms with E-state index in [4.69, 9.17) is 4.74 Å². The Morgan fingerprint density at radius 2 is 1.93 bits per heavy atom. The molecule has 0 amide bonds. The monoisotopic (exact) mass is 432 g/mol. The van der Waals surface area contributed by atoms with Gasteiger partial charge in [0.15, 0.2) is 5.78 Å². The van der Waals surface area contributed by atoms with E-state index in [2.05, 4.69) is 4.18 Å². The average molecular weight is 432 g/mol. The topological polar surface area (TPSA) is 69.7 Å². The van der Waals surface area contributed by atoms with E-state index in [0.717, 1.165) is 30.4 Å². The molecule has 0 unspecified atom stereocenters. The van der Waals surface area contributed by atoms with E-state index in [1.54, 1.807) is 13.2 Å². The number of Topliss-reactive ketones (excluding diaryl/α,β-unsaturated/α-hetero) is 1. The van der Waals surface area contributed by atoms with Gasteiger partial charge in [0, 0.05) is 12.5 Å². The van der Waals surface area contributed by atoms with Crippen molar-refractivity contribution >= 4 is 15.9 Å². The van der Waals surface area contributed by atoms with Gasteiger partial charge in [-0.15, -0.1) is 0 Å². The third-order valence-corrected chi connectivity index (χ3v) is 8.16. The Balaban J connectivity index is 1.60. The number of benzene rings is 1. The maximum atomic E-state index is 12.8. The Morgan fingerprint density at radius 3 is 2.59 bits per heavy atom. The summed E-state index contributed by atoms with van der Waals surface area (Å²) in [7, 11) is -4.12. The van der Waals surface area contributed by atoms with E-state index in [9.17, 15) is 26.4 Å². The lowest BCUT2D eigenvalue weighted by atomic mass is 9.55. The van der Waals surface area contributed by atoms with Crippen LogP contribution < -0.4 is 4.18 Å². The number of carbonyl (C=O) groups excluding carboxylic acids is 1. The molecule has 3 aliphatic rings. The number of hydrogen-bond donors (Lipinski definition) is 0. The fraction of sp³-hybridized carbons (Fsp3) is 0.650. The van der Waals surface area contributed by atoms with E-state index in [-0.39, 0.29) is 34.9 Å². The van der Waals surface area contributed by atoms with Crippen molar-refractivity contribution in [3.05, 3.63) is 29.3 Å². The summed E-state index contributed by atoms with van der Waals surface area (Å²) in [6.45, 7) is 2.03. The SMILES string of the molecule is CO[C@@H]1C[C@H]2[C@@H]3CCc4cc(OS(=O)(=O)C(F)(F)F)ccc4[C@H]3CC[C@]2(C)C1=O. The number of fused-ring (bicyclic) bond motifs is 5. The number of carbonyl (C=O) groups is 1. The molecule has 1 aromatic carbocycles. The van der Waals surface area contributed by atoms with Crippen molar-refractivity contribution in [1.29, 1.82) is 0 Å². The lowest BCUT2D eigenvalue weighted by Gasteiger charge is -2.48. The number of ketones is 1. The van der Waals surface area contributed by atoms with Crippen LogP contribution in [-0.4, -0.2) is 32.9 Å². The normalized spacial score (nSPS) is 34.3. The third-order valence-electron chi connectivity index (χ3n) is 7.18. The molecule has 0 saturated heterocycles. The minimum Gasteiger partial charge on any atom is -0.376 e. The largest absolute Gasteiger partial charge is 0.534 e. The van der Waals surface area contributed by atoms with Crippen LogP contribution in [0.4, 0.5) is 13.2 Å². The Morgan fingerprint density at radius 1 is 1.21 bits per heavy atom. The average Bonchev–Trinajstić information content (AvgIpc) is 2.91. The van der Waals surface area contributed by atoms with Gasteiger partial charge in [0.2, 0.25) is 0 Å². The standard InChI is InChI=1S/C20H23F3O5S/c1-19-8-7-14-13-6-4-12(28-29(25,26)20(21,22)23)9-11(13)3-5-15(14)16(19)10-17(27-2)18(19)24/h4,6,9,14-17H,3,5,7-8,10H2,1-2H3/t14-,15-,16+,17-,19+/m1/s1. The van der Waals surface area contributed by atoms with Gasteiger partial charge in [-0.05, 0) is 73.1 Å². The van der Waals surface area contributed by atoms with Crippen LogP contribution in [0.25, 0.3) is 0 Å². The van der Waals surface area contributed by atoms with Gasteiger partial charge in [-0.3, -0.25) is 4.79 Å². The molecule has 0 spiro atoms. The van der Waals surface area contributed by atoms with Crippen LogP contribution in [0.5, 0.6) is 5.75 Å². The zero-order chi connectivity index (χ0) is 21.2. The molecular weight excluding hydrogens is 409 g/mol. The summed E-state index contributed by atoms with van der Waals surface area (Å²) >= 11 is 0.